The molecule has 20 heavy (non-hydrogen) atoms. The molecule has 0 aromatic carbocycles. The van der Waals surface area contributed by atoms with Crippen molar-refractivity contribution in [2.75, 3.05) is 11.9 Å². The van der Waals surface area contributed by atoms with Crippen molar-refractivity contribution in [3.63, 3.8) is 0 Å². The van der Waals surface area contributed by atoms with E-state index in [4.69, 9.17) is 0 Å². The SMILES string of the molecule is CCNc1nc(-c2ccc(F)cn2)nc(C2CC2)c1Br. The minimum Gasteiger partial charge on any atom is -0.369 e. The lowest BCUT2D eigenvalue weighted by Crippen LogP contribution is -2.06. The molecule has 6 heteroatoms. The normalized spacial score (nSPS) is 14.3. The lowest BCUT2D eigenvalue weighted by atomic mass is 10.2. The summed E-state index contributed by atoms with van der Waals surface area (Å²) in [5.41, 5.74) is 1.59. The predicted molar refractivity (Wildman–Crippen MR) is 79.1 cm³/mol. The lowest BCUT2D eigenvalue weighted by molar-refractivity contribution is 0.621. The van der Waals surface area contributed by atoms with Gasteiger partial charge < -0.3 is 5.32 Å². The second kappa shape index (κ2) is 5.44. The molecule has 1 saturated carbocycles. The maximum atomic E-state index is 13.0. The third-order valence-electron chi connectivity index (χ3n) is 3.14. The lowest BCUT2D eigenvalue weighted by Gasteiger charge is -2.11. The molecule has 4 nitrogen and oxygen atoms in total. The number of nitrogens with one attached hydrogen (secondary N) is 1. The van der Waals surface area contributed by atoms with Gasteiger partial charge in [-0.1, -0.05) is 0 Å². The average molecular weight is 337 g/mol. The van der Waals surface area contributed by atoms with Gasteiger partial charge in [0.15, 0.2) is 5.82 Å². The molecule has 3 rings (SSSR count). The number of pyridine rings is 1. The summed E-state index contributed by atoms with van der Waals surface area (Å²) < 4.78 is 13.9. The van der Waals surface area contributed by atoms with Crippen molar-refractivity contribution < 1.29 is 4.39 Å². The number of nitrogens with zero attached hydrogens (tertiary/aromatic N) is 3. The van der Waals surface area contributed by atoms with Crippen molar-refractivity contribution in [1.82, 2.24) is 15.0 Å². The average Bonchev–Trinajstić information content (AvgIpc) is 3.27. The highest BCUT2D eigenvalue weighted by Crippen LogP contribution is 2.44. The van der Waals surface area contributed by atoms with Crippen LogP contribution in [0.4, 0.5) is 10.2 Å². The molecule has 0 atom stereocenters. The van der Waals surface area contributed by atoms with E-state index in [2.05, 4.69) is 36.2 Å². The van der Waals surface area contributed by atoms with Gasteiger partial charge in [-0.15, -0.1) is 0 Å². The van der Waals surface area contributed by atoms with Crippen molar-refractivity contribution in [3.05, 3.63) is 34.3 Å². The van der Waals surface area contributed by atoms with Crippen LogP contribution in [-0.4, -0.2) is 21.5 Å². The van der Waals surface area contributed by atoms with E-state index in [1.807, 2.05) is 6.92 Å². The Morgan fingerprint density at radius 1 is 1.35 bits per heavy atom. The molecule has 1 aliphatic carbocycles. The number of halogens is 2. The highest BCUT2D eigenvalue weighted by atomic mass is 79.9. The van der Waals surface area contributed by atoms with Crippen LogP contribution in [0.2, 0.25) is 0 Å². The molecule has 104 valence electrons. The summed E-state index contributed by atoms with van der Waals surface area (Å²) in [6.07, 6.45) is 3.49. The van der Waals surface area contributed by atoms with Gasteiger partial charge in [0.25, 0.3) is 0 Å². The van der Waals surface area contributed by atoms with Crippen molar-refractivity contribution in [1.29, 1.82) is 0 Å². The number of rotatable bonds is 4. The molecule has 1 fully saturated rings. The quantitative estimate of drug-likeness (QED) is 0.923. The van der Waals surface area contributed by atoms with E-state index < -0.39 is 0 Å². The Hall–Kier alpha value is -1.56. The van der Waals surface area contributed by atoms with Crippen molar-refractivity contribution in [2.45, 2.75) is 25.7 Å². The number of aromatic nitrogens is 3. The van der Waals surface area contributed by atoms with Gasteiger partial charge in [-0.2, -0.15) is 0 Å². The van der Waals surface area contributed by atoms with E-state index in [1.54, 1.807) is 6.07 Å². The Morgan fingerprint density at radius 2 is 2.15 bits per heavy atom. The molecular formula is C14H14BrFN4. The Bertz CT molecular complexity index is 626. The molecule has 0 saturated heterocycles. The summed E-state index contributed by atoms with van der Waals surface area (Å²) >= 11 is 3.57. The van der Waals surface area contributed by atoms with E-state index in [1.165, 1.54) is 12.3 Å². The van der Waals surface area contributed by atoms with Crippen molar-refractivity contribution >= 4 is 21.7 Å². The molecule has 2 aromatic rings. The van der Waals surface area contributed by atoms with E-state index in [0.29, 0.717) is 17.4 Å². The first kappa shape index (κ1) is 13.4. The predicted octanol–water partition coefficient (Wildman–Crippen LogP) is 3.75. The first-order valence-corrected chi connectivity index (χ1v) is 7.41. The van der Waals surface area contributed by atoms with Gasteiger partial charge in [0.05, 0.1) is 16.4 Å². The van der Waals surface area contributed by atoms with Gasteiger partial charge in [-0.05, 0) is 47.8 Å². The molecule has 2 heterocycles. The first-order chi connectivity index (χ1) is 9.69. The molecule has 0 bridgehead atoms. The third-order valence-corrected chi connectivity index (χ3v) is 3.92. The summed E-state index contributed by atoms with van der Waals surface area (Å²) in [4.78, 5) is 13.1. The molecule has 0 unspecified atom stereocenters. The largest absolute Gasteiger partial charge is 0.369 e. The maximum absolute atomic E-state index is 13.0. The zero-order chi connectivity index (χ0) is 14.1. The summed E-state index contributed by atoms with van der Waals surface area (Å²) in [6.45, 7) is 2.79. The van der Waals surface area contributed by atoms with Gasteiger partial charge >= 0.3 is 0 Å². The fourth-order valence-corrected chi connectivity index (χ4v) is 2.64. The smallest absolute Gasteiger partial charge is 0.180 e. The molecular weight excluding hydrogens is 323 g/mol. The molecule has 0 aliphatic heterocycles. The van der Waals surface area contributed by atoms with E-state index in [9.17, 15) is 4.39 Å². The van der Waals surface area contributed by atoms with Crippen LogP contribution in [0.15, 0.2) is 22.8 Å². The number of anilines is 1. The van der Waals surface area contributed by atoms with Crippen molar-refractivity contribution in [2.24, 2.45) is 0 Å². The van der Waals surface area contributed by atoms with Crippen LogP contribution in [0.3, 0.4) is 0 Å². The fraction of sp³-hybridized carbons (Fsp3) is 0.357. The fourth-order valence-electron chi connectivity index (χ4n) is 2.00. The standard InChI is InChI=1S/C14H14BrFN4/c1-2-17-14-11(15)12(8-3-4-8)19-13(20-14)10-6-5-9(16)7-18-10/h5-8H,2-4H2,1H3,(H,17,19,20). The van der Waals surface area contributed by atoms with Gasteiger partial charge in [0, 0.05) is 12.5 Å². The van der Waals surface area contributed by atoms with E-state index in [0.717, 1.165) is 35.4 Å². The Morgan fingerprint density at radius 3 is 2.75 bits per heavy atom. The van der Waals surface area contributed by atoms with Gasteiger partial charge in [0.2, 0.25) is 0 Å². The van der Waals surface area contributed by atoms with E-state index >= 15 is 0 Å². The minimum absolute atomic E-state index is 0.361. The van der Waals surface area contributed by atoms with Crippen LogP contribution in [0, 0.1) is 5.82 Å². The maximum Gasteiger partial charge on any atom is 0.180 e. The number of hydrogen-bond acceptors (Lipinski definition) is 4. The van der Waals surface area contributed by atoms with Crippen LogP contribution in [-0.2, 0) is 0 Å². The van der Waals surface area contributed by atoms with Gasteiger partial charge in [0.1, 0.15) is 17.3 Å². The Balaban J connectivity index is 2.07. The zero-order valence-corrected chi connectivity index (χ0v) is 12.6. The van der Waals surface area contributed by atoms with Gasteiger partial charge in [-0.3, -0.25) is 0 Å². The topological polar surface area (TPSA) is 50.7 Å². The first-order valence-electron chi connectivity index (χ1n) is 6.62. The van der Waals surface area contributed by atoms with Crippen LogP contribution >= 0.6 is 15.9 Å². The monoisotopic (exact) mass is 336 g/mol. The summed E-state index contributed by atoms with van der Waals surface area (Å²) in [7, 11) is 0. The third kappa shape index (κ3) is 2.65. The second-order valence-electron chi connectivity index (χ2n) is 4.76. The Kier molecular flexibility index (Phi) is 3.65. The minimum atomic E-state index is -0.361. The van der Waals surface area contributed by atoms with Gasteiger partial charge in [-0.25, -0.2) is 19.3 Å². The molecule has 2 aromatic heterocycles. The summed E-state index contributed by atoms with van der Waals surface area (Å²) in [5, 5.41) is 3.22. The molecule has 0 radical (unpaired) electrons. The van der Waals surface area contributed by atoms with E-state index in [-0.39, 0.29) is 5.82 Å². The zero-order valence-electron chi connectivity index (χ0n) is 11.0. The molecule has 0 amide bonds. The van der Waals surface area contributed by atoms with Crippen LogP contribution in [0.5, 0.6) is 0 Å². The second-order valence-corrected chi connectivity index (χ2v) is 5.55. The van der Waals surface area contributed by atoms with Crippen LogP contribution < -0.4 is 5.32 Å². The highest BCUT2D eigenvalue weighted by molar-refractivity contribution is 9.10. The Labute approximate surface area is 125 Å². The van der Waals surface area contributed by atoms with Crippen molar-refractivity contribution in [3.8, 4) is 11.5 Å². The molecule has 0 spiro atoms. The molecule has 1 N–H and O–H groups in total. The summed E-state index contributed by atoms with van der Waals surface area (Å²) in [6, 6.07) is 2.97. The van der Waals surface area contributed by atoms with Crippen LogP contribution in [0.25, 0.3) is 11.5 Å². The number of hydrogen-bond donors (Lipinski definition) is 1. The van der Waals surface area contributed by atoms with Crippen LogP contribution in [0.1, 0.15) is 31.4 Å². The molecule has 1 aliphatic rings. The highest BCUT2D eigenvalue weighted by Gasteiger charge is 2.29. The summed E-state index contributed by atoms with van der Waals surface area (Å²) in [5.74, 6) is 1.43.